The number of pyridine rings is 1. The van der Waals surface area contributed by atoms with Crippen LogP contribution in [0.25, 0.3) is 0 Å². The molecule has 0 bridgehead atoms. The third-order valence-electron chi connectivity index (χ3n) is 3.02. The smallest absolute Gasteiger partial charge is 0.244 e. The van der Waals surface area contributed by atoms with Crippen LogP contribution in [0.15, 0.2) is 23.2 Å². The largest absolute Gasteiger partial charge is 0.392 e. The van der Waals surface area contributed by atoms with Crippen LogP contribution in [0.3, 0.4) is 0 Å². The number of rotatable bonds is 5. The lowest BCUT2D eigenvalue weighted by molar-refractivity contribution is 0.208. The first-order valence-electron chi connectivity index (χ1n) is 6.38. The normalized spacial score (nSPS) is 18.4. The molecule has 1 aliphatic heterocycles. The molecule has 2 heterocycles. The van der Waals surface area contributed by atoms with Crippen LogP contribution in [-0.2, 0) is 10.0 Å². The average molecular weight is 285 g/mol. The zero-order valence-electron chi connectivity index (χ0n) is 10.9. The Bertz CT molecular complexity index is 508. The summed E-state index contributed by atoms with van der Waals surface area (Å²) in [7, 11) is -3.39. The van der Waals surface area contributed by atoms with Crippen LogP contribution in [0.2, 0.25) is 0 Å². The van der Waals surface area contributed by atoms with Gasteiger partial charge in [-0.3, -0.25) is 0 Å². The number of hydrogen-bond donors (Lipinski definition) is 2. The Morgan fingerprint density at radius 2 is 2.11 bits per heavy atom. The number of nitrogens with zero attached hydrogens (tertiary/aromatic N) is 2. The van der Waals surface area contributed by atoms with Gasteiger partial charge in [-0.15, -0.1) is 0 Å². The summed E-state index contributed by atoms with van der Waals surface area (Å²) in [5, 5.41) is 12.1. The maximum atomic E-state index is 12.2. The third kappa shape index (κ3) is 3.43. The molecule has 1 fully saturated rings. The van der Waals surface area contributed by atoms with Gasteiger partial charge in [0.25, 0.3) is 0 Å². The Hall–Kier alpha value is -1.18. The molecule has 0 saturated carbocycles. The highest BCUT2D eigenvalue weighted by Gasteiger charge is 2.27. The molecule has 1 aromatic heterocycles. The lowest BCUT2D eigenvalue weighted by Crippen LogP contribution is -2.28. The van der Waals surface area contributed by atoms with Gasteiger partial charge in [-0.25, -0.2) is 13.4 Å². The summed E-state index contributed by atoms with van der Waals surface area (Å²) < 4.78 is 26.0. The predicted molar refractivity (Wildman–Crippen MR) is 72.4 cm³/mol. The third-order valence-corrected chi connectivity index (χ3v) is 4.90. The number of aliphatic hydroxyl groups excluding tert-OH is 1. The van der Waals surface area contributed by atoms with E-state index in [1.807, 2.05) is 0 Å². The molecule has 106 valence electrons. The molecule has 0 aliphatic carbocycles. The van der Waals surface area contributed by atoms with Gasteiger partial charge in [0.05, 0.1) is 6.10 Å². The fraction of sp³-hybridized carbons (Fsp3) is 0.583. The van der Waals surface area contributed by atoms with Gasteiger partial charge in [-0.2, -0.15) is 4.31 Å². The van der Waals surface area contributed by atoms with Gasteiger partial charge in [0, 0.05) is 25.8 Å². The van der Waals surface area contributed by atoms with E-state index in [4.69, 9.17) is 5.11 Å². The van der Waals surface area contributed by atoms with Crippen molar-refractivity contribution in [3.63, 3.8) is 0 Å². The minimum absolute atomic E-state index is 0.219. The zero-order chi connectivity index (χ0) is 13.9. The first-order valence-corrected chi connectivity index (χ1v) is 7.82. The second kappa shape index (κ2) is 5.85. The molecule has 1 unspecified atom stereocenters. The lowest BCUT2D eigenvalue weighted by Gasteiger charge is -2.15. The van der Waals surface area contributed by atoms with Crippen LogP contribution >= 0.6 is 0 Å². The molecule has 1 atom stereocenters. The maximum absolute atomic E-state index is 12.2. The van der Waals surface area contributed by atoms with E-state index < -0.39 is 16.1 Å². The molecule has 0 amide bonds. The first-order chi connectivity index (χ1) is 9.00. The van der Waals surface area contributed by atoms with Crippen LogP contribution in [0, 0.1) is 0 Å². The Labute approximate surface area is 113 Å². The summed E-state index contributed by atoms with van der Waals surface area (Å²) in [4.78, 5) is 4.28. The van der Waals surface area contributed by atoms with E-state index >= 15 is 0 Å². The quantitative estimate of drug-likeness (QED) is 0.830. The standard InChI is InChI=1S/C12H19N3O3S/c1-10(16)8-13-12-5-4-11(9-14-12)19(17,18)15-6-2-3-7-15/h4-5,9-10,16H,2-3,6-8H2,1H3,(H,13,14). The Morgan fingerprint density at radius 1 is 1.42 bits per heavy atom. The molecular formula is C12H19N3O3S. The average Bonchev–Trinajstić information content (AvgIpc) is 2.91. The number of sulfonamides is 1. The molecule has 1 aliphatic rings. The number of hydrogen-bond acceptors (Lipinski definition) is 5. The molecular weight excluding hydrogens is 266 g/mol. The second-order valence-corrected chi connectivity index (χ2v) is 6.66. The zero-order valence-corrected chi connectivity index (χ0v) is 11.7. The van der Waals surface area contributed by atoms with Gasteiger partial charge < -0.3 is 10.4 Å². The Balaban J connectivity index is 2.09. The highest BCUT2D eigenvalue weighted by molar-refractivity contribution is 7.89. The molecule has 2 N–H and O–H groups in total. The molecule has 19 heavy (non-hydrogen) atoms. The van der Waals surface area contributed by atoms with E-state index in [0.29, 0.717) is 25.5 Å². The van der Waals surface area contributed by atoms with Crippen LogP contribution in [0.5, 0.6) is 0 Å². The Kier molecular flexibility index (Phi) is 4.38. The summed E-state index contributed by atoms with van der Waals surface area (Å²) >= 11 is 0. The summed E-state index contributed by atoms with van der Waals surface area (Å²) in [5.41, 5.74) is 0. The van der Waals surface area contributed by atoms with Crippen molar-refractivity contribution >= 4 is 15.8 Å². The van der Waals surface area contributed by atoms with E-state index in [-0.39, 0.29) is 4.90 Å². The van der Waals surface area contributed by atoms with E-state index in [2.05, 4.69) is 10.3 Å². The fourth-order valence-corrected chi connectivity index (χ4v) is 3.43. The summed E-state index contributed by atoms with van der Waals surface area (Å²) in [6, 6.07) is 3.16. The molecule has 0 spiro atoms. The van der Waals surface area contributed by atoms with Gasteiger partial charge in [0.2, 0.25) is 10.0 Å². The highest BCUT2D eigenvalue weighted by Crippen LogP contribution is 2.20. The monoisotopic (exact) mass is 285 g/mol. The maximum Gasteiger partial charge on any atom is 0.244 e. The van der Waals surface area contributed by atoms with Crippen molar-refractivity contribution in [3.8, 4) is 0 Å². The van der Waals surface area contributed by atoms with E-state index in [1.165, 1.54) is 10.5 Å². The molecule has 6 nitrogen and oxygen atoms in total. The van der Waals surface area contributed by atoms with Crippen LogP contribution in [0.1, 0.15) is 19.8 Å². The SMILES string of the molecule is CC(O)CNc1ccc(S(=O)(=O)N2CCCC2)cn1. The minimum Gasteiger partial charge on any atom is -0.392 e. The van der Waals surface area contributed by atoms with Crippen molar-refractivity contribution < 1.29 is 13.5 Å². The summed E-state index contributed by atoms with van der Waals surface area (Å²) in [6.07, 6.45) is 2.72. The molecule has 1 aromatic rings. The van der Waals surface area contributed by atoms with Crippen molar-refractivity contribution in [1.82, 2.24) is 9.29 Å². The molecule has 7 heteroatoms. The number of anilines is 1. The first kappa shape index (κ1) is 14.2. The lowest BCUT2D eigenvalue weighted by atomic mass is 10.4. The van der Waals surface area contributed by atoms with Crippen LogP contribution in [-0.4, -0.2) is 48.6 Å². The second-order valence-electron chi connectivity index (χ2n) is 4.72. The van der Waals surface area contributed by atoms with Gasteiger partial charge >= 0.3 is 0 Å². The fourth-order valence-electron chi connectivity index (χ4n) is 1.97. The predicted octanol–water partition coefficient (Wildman–Crippen LogP) is 0.659. The Morgan fingerprint density at radius 3 is 2.63 bits per heavy atom. The molecule has 1 saturated heterocycles. The number of aliphatic hydroxyl groups is 1. The van der Waals surface area contributed by atoms with Gasteiger partial charge in [-0.1, -0.05) is 0 Å². The van der Waals surface area contributed by atoms with Crippen molar-refractivity contribution in [2.45, 2.75) is 30.8 Å². The molecule has 0 radical (unpaired) electrons. The topological polar surface area (TPSA) is 82.5 Å². The van der Waals surface area contributed by atoms with Crippen molar-refractivity contribution in [2.75, 3.05) is 25.0 Å². The van der Waals surface area contributed by atoms with Crippen LogP contribution in [0.4, 0.5) is 5.82 Å². The number of aromatic nitrogens is 1. The van der Waals surface area contributed by atoms with Gasteiger partial charge in [0.15, 0.2) is 0 Å². The van der Waals surface area contributed by atoms with Crippen molar-refractivity contribution in [1.29, 1.82) is 0 Å². The van der Waals surface area contributed by atoms with Crippen molar-refractivity contribution in [3.05, 3.63) is 18.3 Å². The van der Waals surface area contributed by atoms with Gasteiger partial charge in [0.1, 0.15) is 10.7 Å². The van der Waals surface area contributed by atoms with Crippen molar-refractivity contribution in [2.24, 2.45) is 0 Å². The molecule has 2 rings (SSSR count). The van der Waals surface area contributed by atoms with E-state index in [0.717, 1.165) is 12.8 Å². The number of nitrogens with one attached hydrogen (secondary N) is 1. The summed E-state index contributed by atoms with van der Waals surface area (Å²) in [6.45, 7) is 3.22. The summed E-state index contributed by atoms with van der Waals surface area (Å²) in [5.74, 6) is 0.557. The van der Waals surface area contributed by atoms with Crippen LogP contribution < -0.4 is 5.32 Å². The molecule has 0 aromatic carbocycles. The van der Waals surface area contributed by atoms with E-state index in [9.17, 15) is 8.42 Å². The van der Waals surface area contributed by atoms with E-state index in [1.54, 1.807) is 19.1 Å². The van der Waals surface area contributed by atoms with Gasteiger partial charge in [-0.05, 0) is 31.9 Å². The highest BCUT2D eigenvalue weighted by atomic mass is 32.2. The minimum atomic E-state index is -3.39.